The Morgan fingerprint density at radius 1 is 0.886 bits per heavy atom. The predicted octanol–water partition coefficient (Wildman–Crippen LogP) is 3.51. The molecule has 2 amide bonds. The van der Waals surface area contributed by atoms with E-state index in [0.717, 1.165) is 16.8 Å². The number of anilines is 1. The summed E-state index contributed by atoms with van der Waals surface area (Å²) in [5.74, 6) is -0.141. The number of nitrogens with zero attached hydrogens (tertiary/aromatic N) is 4. The van der Waals surface area contributed by atoms with E-state index in [-0.39, 0.29) is 17.5 Å². The normalized spacial score (nSPS) is 16.2. The zero-order valence-electron chi connectivity index (χ0n) is 19.2. The fourth-order valence-corrected chi connectivity index (χ4v) is 4.88. The van der Waals surface area contributed by atoms with Crippen LogP contribution in [0.25, 0.3) is 0 Å². The maximum atomic E-state index is 13.8. The molecule has 2 aliphatic heterocycles. The molecular formula is C27H26N4O4. The van der Waals surface area contributed by atoms with Gasteiger partial charge in [-0.05, 0) is 29.3 Å². The zero-order chi connectivity index (χ0) is 24.4. The highest BCUT2D eigenvalue weighted by atomic mass is 16.6. The van der Waals surface area contributed by atoms with Crippen molar-refractivity contribution in [2.24, 2.45) is 0 Å². The molecule has 0 radical (unpaired) electrons. The molecule has 0 bridgehead atoms. The number of non-ortho nitro benzene ring substituents is 1. The number of nitro groups is 1. The number of carbonyl (C=O) groups excluding carboxylic acids is 2. The van der Waals surface area contributed by atoms with Gasteiger partial charge in [-0.2, -0.15) is 0 Å². The van der Waals surface area contributed by atoms with Crippen LogP contribution in [0, 0.1) is 10.1 Å². The number of hydrogen-bond acceptors (Lipinski definition) is 5. The SMILES string of the molecule is O=C(C(Cc1ccccc1)N1Cc2ccccc2C1=O)N1CCN(c2ccc([N+](=O)[O-])cc2)CC1. The molecule has 0 aliphatic carbocycles. The number of piperazine rings is 1. The summed E-state index contributed by atoms with van der Waals surface area (Å²) >= 11 is 0. The first-order chi connectivity index (χ1) is 17.0. The number of rotatable bonds is 6. The van der Waals surface area contributed by atoms with Crippen molar-refractivity contribution in [3.63, 3.8) is 0 Å². The second-order valence-electron chi connectivity index (χ2n) is 8.88. The van der Waals surface area contributed by atoms with Gasteiger partial charge in [-0.15, -0.1) is 0 Å². The average molecular weight is 471 g/mol. The first-order valence-corrected chi connectivity index (χ1v) is 11.7. The topological polar surface area (TPSA) is 87.0 Å². The van der Waals surface area contributed by atoms with Gasteiger partial charge in [-0.1, -0.05) is 48.5 Å². The lowest BCUT2D eigenvalue weighted by molar-refractivity contribution is -0.384. The summed E-state index contributed by atoms with van der Waals surface area (Å²) in [5.41, 5.74) is 3.59. The third kappa shape index (κ3) is 4.59. The van der Waals surface area contributed by atoms with Crippen molar-refractivity contribution < 1.29 is 14.5 Å². The lowest BCUT2D eigenvalue weighted by Gasteiger charge is -2.39. The van der Waals surface area contributed by atoms with E-state index < -0.39 is 11.0 Å². The van der Waals surface area contributed by atoms with Crippen LogP contribution >= 0.6 is 0 Å². The van der Waals surface area contributed by atoms with Crippen molar-refractivity contribution in [2.45, 2.75) is 19.0 Å². The summed E-state index contributed by atoms with van der Waals surface area (Å²) < 4.78 is 0. The van der Waals surface area contributed by atoms with Crippen molar-refractivity contribution in [3.8, 4) is 0 Å². The second-order valence-corrected chi connectivity index (χ2v) is 8.88. The second kappa shape index (κ2) is 9.58. The van der Waals surface area contributed by atoms with E-state index in [1.54, 1.807) is 17.0 Å². The van der Waals surface area contributed by atoms with Crippen LogP contribution in [0.2, 0.25) is 0 Å². The lowest BCUT2D eigenvalue weighted by Crippen LogP contribution is -2.55. The van der Waals surface area contributed by atoms with E-state index in [1.807, 2.05) is 59.5 Å². The van der Waals surface area contributed by atoms with Crippen LogP contribution in [-0.4, -0.2) is 58.8 Å². The van der Waals surface area contributed by atoms with Gasteiger partial charge < -0.3 is 14.7 Å². The van der Waals surface area contributed by atoms with Gasteiger partial charge in [0.15, 0.2) is 0 Å². The van der Waals surface area contributed by atoms with Crippen molar-refractivity contribution in [3.05, 3.63) is 106 Å². The Labute approximate surface area is 203 Å². The van der Waals surface area contributed by atoms with Crippen LogP contribution in [0.15, 0.2) is 78.9 Å². The summed E-state index contributed by atoms with van der Waals surface area (Å²) in [6.45, 7) is 2.72. The highest BCUT2D eigenvalue weighted by molar-refractivity contribution is 6.01. The molecule has 178 valence electrons. The monoisotopic (exact) mass is 470 g/mol. The van der Waals surface area contributed by atoms with Crippen LogP contribution in [0.4, 0.5) is 11.4 Å². The van der Waals surface area contributed by atoms with Gasteiger partial charge in [0, 0.05) is 62.5 Å². The molecule has 2 heterocycles. The molecule has 5 rings (SSSR count). The molecule has 35 heavy (non-hydrogen) atoms. The molecule has 8 nitrogen and oxygen atoms in total. The molecular weight excluding hydrogens is 444 g/mol. The van der Waals surface area contributed by atoms with Gasteiger partial charge in [0.05, 0.1) is 4.92 Å². The van der Waals surface area contributed by atoms with Gasteiger partial charge in [-0.3, -0.25) is 19.7 Å². The fourth-order valence-electron chi connectivity index (χ4n) is 4.88. The Kier molecular flexibility index (Phi) is 6.18. The van der Waals surface area contributed by atoms with Gasteiger partial charge in [0.1, 0.15) is 6.04 Å². The molecule has 3 aromatic carbocycles. The molecule has 0 spiro atoms. The Morgan fingerprint density at radius 2 is 1.54 bits per heavy atom. The summed E-state index contributed by atoms with van der Waals surface area (Å²) in [5, 5.41) is 10.9. The minimum Gasteiger partial charge on any atom is -0.368 e. The van der Waals surface area contributed by atoms with Gasteiger partial charge in [0.2, 0.25) is 5.91 Å². The molecule has 2 aliphatic rings. The summed E-state index contributed by atoms with van der Waals surface area (Å²) in [6, 6.07) is 23.2. The molecule has 8 heteroatoms. The summed E-state index contributed by atoms with van der Waals surface area (Å²) in [6.07, 6.45) is 0.460. The molecule has 3 aromatic rings. The van der Waals surface area contributed by atoms with E-state index >= 15 is 0 Å². The Morgan fingerprint density at radius 3 is 2.20 bits per heavy atom. The highest BCUT2D eigenvalue weighted by Crippen LogP contribution is 2.27. The largest absolute Gasteiger partial charge is 0.368 e. The van der Waals surface area contributed by atoms with Crippen LogP contribution in [0.1, 0.15) is 21.5 Å². The minimum absolute atomic E-state index is 0.0432. The number of fused-ring (bicyclic) bond motifs is 1. The Balaban J connectivity index is 1.32. The zero-order valence-corrected chi connectivity index (χ0v) is 19.2. The third-order valence-corrected chi connectivity index (χ3v) is 6.80. The maximum absolute atomic E-state index is 13.8. The first kappa shape index (κ1) is 22.6. The molecule has 0 saturated carbocycles. The standard InChI is InChI=1S/C27H26N4O4/c32-26-24-9-5-4-8-21(24)19-30(26)25(18-20-6-2-1-3-7-20)27(33)29-16-14-28(15-17-29)22-10-12-23(13-11-22)31(34)35/h1-13,25H,14-19H2. The molecule has 1 unspecified atom stereocenters. The smallest absolute Gasteiger partial charge is 0.269 e. The fraction of sp³-hybridized carbons (Fsp3) is 0.259. The van der Waals surface area contributed by atoms with E-state index in [1.165, 1.54) is 12.1 Å². The number of hydrogen-bond donors (Lipinski definition) is 0. The van der Waals surface area contributed by atoms with Crippen LogP contribution in [-0.2, 0) is 17.8 Å². The minimum atomic E-state index is -0.580. The number of amides is 2. The first-order valence-electron chi connectivity index (χ1n) is 11.7. The van der Waals surface area contributed by atoms with Gasteiger partial charge in [0.25, 0.3) is 11.6 Å². The van der Waals surface area contributed by atoms with E-state index in [2.05, 4.69) is 4.90 Å². The van der Waals surface area contributed by atoms with Crippen molar-refractivity contribution in [1.29, 1.82) is 0 Å². The Hall–Kier alpha value is -4.20. The van der Waals surface area contributed by atoms with Gasteiger partial charge in [-0.25, -0.2) is 0 Å². The summed E-state index contributed by atoms with van der Waals surface area (Å²) in [4.78, 5) is 43.2. The quantitative estimate of drug-likeness (QED) is 0.407. The highest BCUT2D eigenvalue weighted by Gasteiger charge is 2.38. The van der Waals surface area contributed by atoms with Crippen molar-refractivity contribution >= 4 is 23.2 Å². The van der Waals surface area contributed by atoms with E-state index in [9.17, 15) is 19.7 Å². The van der Waals surface area contributed by atoms with E-state index in [4.69, 9.17) is 0 Å². The van der Waals surface area contributed by atoms with Crippen LogP contribution < -0.4 is 4.90 Å². The van der Waals surface area contributed by atoms with Crippen LogP contribution in [0.3, 0.4) is 0 Å². The molecule has 0 N–H and O–H groups in total. The molecule has 1 atom stereocenters. The predicted molar refractivity (Wildman–Crippen MR) is 132 cm³/mol. The van der Waals surface area contributed by atoms with Crippen molar-refractivity contribution in [1.82, 2.24) is 9.80 Å². The Bertz CT molecular complexity index is 1240. The molecule has 1 fully saturated rings. The third-order valence-electron chi connectivity index (χ3n) is 6.80. The van der Waals surface area contributed by atoms with Gasteiger partial charge >= 0.3 is 0 Å². The molecule has 1 saturated heterocycles. The summed E-state index contributed by atoms with van der Waals surface area (Å²) in [7, 11) is 0. The van der Waals surface area contributed by atoms with Crippen LogP contribution in [0.5, 0.6) is 0 Å². The number of nitro benzene ring substituents is 1. The molecule has 0 aromatic heterocycles. The maximum Gasteiger partial charge on any atom is 0.269 e. The van der Waals surface area contributed by atoms with E-state index in [0.29, 0.717) is 44.7 Å². The van der Waals surface area contributed by atoms with Crippen molar-refractivity contribution in [2.75, 3.05) is 31.1 Å². The lowest BCUT2D eigenvalue weighted by atomic mass is 10.0. The number of benzene rings is 3. The number of carbonyl (C=O) groups is 2. The average Bonchev–Trinajstić information content (AvgIpc) is 3.24.